The third kappa shape index (κ3) is 2.29. The van der Waals surface area contributed by atoms with Gasteiger partial charge in [0.2, 0.25) is 0 Å². The molecule has 0 unspecified atom stereocenters. The van der Waals surface area contributed by atoms with Gasteiger partial charge in [-0.25, -0.2) is 0 Å². The molecule has 0 atom stereocenters. The Morgan fingerprint density at radius 2 is 2.21 bits per heavy atom. The van der Waals surface area contributed by atoms with Crippen molar-refractivity contribution in [2.45, 2.75) is 25.7 Å². The number of aromatic nitrogens is 1. The SMILES string of the molecule is CCNc1cc(C2CC2)nc2c(Br)ccc(OC)c12. The molecular formula is C15H17BrN2O. The molecule has 1 heterocycles. The molecule has 1 aliphatic rings. The lowest BCUT2D eigenvalue weighted by Crippen LogP contribution is -2.02. The summed E-state index contributed by atoms with van der Waals surface area (Å²) < 4.78 is 6.50. The van der Waals surface area contributed by atoms with E-state index in [0.717, 1.165) is 33.4 Å². The van der Waals surface area contributed by atoms with Crippen LogP contribution in [0.3, 0.4) is 0 Å². The summed E-state index contributed by atoms with van der Waals surface area (Å²) in [5.74, 6) is 1.50. The fraction of sp³-hybridized carbons (Fsp3) is 0.400. The summed E-state index contributed by atoms with van der Waals surface area (Å²) in [4.78, 5) is 4.82. The molecule has 0 saturated heterocycles. The van der Waals surface area contributed by atoms with Gasteiger partial charge in [-0.2, -0.15) is 0 Å². The van der Waals surface area contributed by atoms with Crippen molar-refractivity contribution in [2.24, 2.45) is 0 Å². The first kappa shape index (κ1) is 12.7. The highest BCUT2D eigenvalue weighted by atomic mass is 79.9. The van der Waals surface area contributed by atoms with Crippen LogP contribution in [0.25, 0.3) is 10.9 Å². The van der Waals surface area contributed by atoms with E-state index in [1.807, 2.05) is 12.1 Å². The molecule has 3 nitrogen and oxygen atoms in total. The van der Waals surface area contributed by atoms with E-state index in [1.54, 1.807) is 7.11 Å². The van der Waals surface area contributed by atoms with E-state index in [0.29, 0.717) is 5.92 Å². The number of ether oxygens (including phenoxy) is 1. The number of benzene rings is 1. The number of nitrogens with zero attached hydrogens (tertiary/aromatic N) is 1. The lowest BCUT2D eigenvalue weighted by Gasteiger charge is -2.14. The Labute approximate surface area is 121 Å². The summed E-state index contributed by atoms with van der Waals surface area (Å²) in [7, 11) is 1.70. The molecule has 100 valence electrons. The third-order valence-corrected chi connectivity index (χ3v) is 4.12. The van der Waals surface area contributed by atoms with Gasteiger partial charge in [-0.15, -0.1) is 0 Å². The first-order valence-corrected chi connectivity index (χ1v) is 7.45. The predicted molar refractivity (Wildman–Crippen MR) is 82.1 cm³/mol. The molecule has 0 amide bonds. The number of fused-ring (bicyclic) bond motifs is 1. The van der Waals surface area contributed by atoms with Gasteiger partial charge < -0.3 is 10.1 Å². The van der Waals surface area contributed by atoms with Crippen molar-refractivity contribution in [3.8, 4) is 5.75 Å². The average Bonchev–Trinajstić information content (AvgIpc) is 3.24. The van der Waals surface area contributed by atoms with Gasteiger partial charge in [0.25, 0.3) is 0 Å². The van der Waals surface area contributed by atoms with Gasteiger partial charge >= 0.3 is 0 Å². The smallest absolute Gasteiger partial charge is 0.130 e. The molecule has 0 spiro atoms. The maximum absolute atomic E-state index is 5.48. The van der Waals surface area contributed by atoms with E-state index in [9.17, 15) is 0 Å². The molecule has 1 fully saturated rings. The van der Waals surface area contributed by atoms with Gasteiger partial charge in [0, 0.05) is 28.3 Å². The van der Waals surface area contributed by atoms with Crippen LogP contribution in [0.4, 0.5) is 5.69 Å². The average molecular weight is 321 g/mol. The summed E-state index contributed by atoms with van der Waals surface area (Å²) in [5, 5.41) is 4.49. The second kappa shape index (κ2) is 5.00. The highest BCUT2D eigenvalue weighted by Crippen LogP contribution is 2.43. The van der Waals surface area contributed by atoms with Crippen molar-refractivity contribution < 1.29 is 4.74 Å². The molecule has 1 aromatic heterocycles. The summed E-state index contributed by atoms with van der Waals surface area (Å²) in [6, 6.07) is 6.16. The van der Waals surface area contributed by atoms with E-state index in [-0.39, 0.29) is 0 Å². The molecule has 2 aromatic rings. The van der Waals surface area contributed by atoms with Gasteiger partial charge in [0.1, 0.15) is 5.75 Å². The van der Waals surface area contributed by atoms with E-state index in [2.05, 4.69) is 34.2 Å². The number of nitrogens with one attached hydrogen (secondary N) is 1. The Morgan fingerprint density at radius 3 is 2.84 bits per heavy atom. The monoisotopic (exact) mass is 320 g/mol. The quantitative estimate of drug-likeness (QED) is 0.911. The van der Waals surface area contributed by atoms with E-state index in [1.165, 1.54) is 18.5 Å². The van der Waals surface area contributed by atoms with Crippen LogP contribution in [0.2, 0.25) is 0 Å². The zero-order valence-corrected chi connectivity index (χ0v) is 12.8. The molecular weight excluding hydrogens is 304 g/mol. The number of rotatable bonds is 4. The Morgan fingerprint density at radius 1 is 1.42 bits per heavy atom. The Balaban J connectivity index is 2.29. The number of halogens is 1. The van der Waals surface area contributed by atoms with Crippen LogP contribution in [-0.4, -0.2) is 18.6 Å². The minimum absolute atomic E-state index is 0.639. The van der Waals surface area contributed by atoms with Gasteiger partial charge in [-0.05, 0) is 53.9 Å². The minimum Gasteiger partial charge on any atom is -0.496 e. The maximum atomic E-state index is 5.48. The van der Waals surface area contributed by atoms with E-state index in [4.69, 9.17) is 9.72 Å². The summed E-state index contributed by atoms with van der Waals surface area (Å²) in [5.41, 5.74) is 3.30. The number of hydrogen-bond donors (Lipinski definition) is 1. The number of methoxy groups -OCH3 is 1. The van der Waals surface area contributed by atoms with Crippen LogP contribution in [0.15, 0.2) is 22.7 Å². The van der Waals surface area contributed by atoms with Crippen LogP contribution in [0, 0.1) is 0 Å². The van der Waals surface area contributed by atoms with Gasteiger partial charge in [0.05, 0.1) is 18.0 Å². The normalized spacial score (nSPS) is 14.7. The molecule has 1 aromatic carbocycles. The number of anilines is 1. The third-order valence-electron chi connectivity index (χ3n) is 3.48. The second-order valence-corrected chi connectivity index (χ2v) is 5.73. The largest absolute Gasteiger partial charge is 0.496 e. The molecule has 1 N–H and O–H groups in total. The van der Waals surface area contributed by atoms with Crippen LogP contribution >= 0.6 is 15.9 Å². The molecule has 0 radical (unpaired) electrons. The Kier molecular flexibility index (Phi) is 3.35. The van der Waals surface area contributed by atoms with Crippen molar-refractivity contribution in [3.05, 3.63) is 28.4 Å². The highest BCUT2D eigenvalue weighted by Gasteiger charge is 2.26. The Bertz CT molecular complexity index is 623. The number of hydrogen-bond acceptors (Lipinski definition) is 3. The van der Waals surface area contributed by atoms with Crippen molar-refractivity contribution in [2.75, 3.05) is 19.0 Å². The highest BCUT2D eigenvalue weighted by molar-refractivity contribution is 9.10. The van der Waals surface area contributed by atoms with E-state index >= 15 is 0 Å². The fourth-order valence-corrected chi connectivity index (χ4v) is 2.81. The first-order valence-electron chi connectivity index (χ1n) is 6.65. The lowest BCUT2D eigenvalue weighted by atomic mass is 10.1. The van der Waals surface area contributed by atoms with Crippen molar-refractivity contribution in [3.63, 3.8) is 0 Å². The first-order chi connectivity index (χ1) is 9.24. The topological polar surface area (TPSA) is 34.2 Å². The number of pyridine rings is 1. The standard InChI is InChI=1S/C15H17BrN2O/c1-3-17-12-8-11(9-4-5-9)18-15-10(16)6-7-13(19-2)14(12)15/h6-9H,3-5H2,1-2H3,(H,17,18). The minimum atomic E-state index is 0.639. The maximum Gasteiger partial charge on any atom is 0.130 e. The molecule has 4 heteroatoms. The molecule has 0 bridgehead atoms. The molecule has 3 rings (SSSR count). The summed E-state index contributed by atoms with van der Waals surface area (Å²) in [6.07, 6.45) is 2.51. The predicted octanol–water partition coefficient (Wildman–Crippen LogP) is 4.32. The molecule has 1 aliphatic carbocycles. The Hall–Kier alpha value is -1.29. The van der Waals surface area contributed by atoms with Crippen LogP contribution in [-0.2, 0) is 0 Å². The van der Waals surface area contributed by atoms with Crippen molar-refractivity contribution in [1.82, 2.24) is 4.98 Å². The van der Waals surface area contributed by atoms with Crippen LogP contribution < -0.4 is 10.1 Å². The van der Waals surface area contributed by atoms with Gasteiger partial charge in [-0.1, -0.05) is 0 Å². The van der Waals surface area contributed by atoms with Gasteiger partial charge in [0.15, 0.2) is 0 Å². The molecule has 1 saturated carbocycles. The summed E-state index contributed by atoms with van der Waals surface area (Å²) in [6.45, 7) is 2.99. The van der Waals surface area contributed by atoms with Gasteiger partial charge in [-0.3, -0.25) is 4.98 Å². The van der Waals surface area contributed by atoms with Crippen LogP contribution in [0.5, 0.6) is 5.75 Å². The second-order valence-electron chi connectivity index (χ2n) is 4.87. The van der Waals surface area contributed by atoms with Crippen molar-refractivity contribution >= 4 is 32.5 Å². The fourth-order valence-electron chi connectivity index (χ4n) is 2.39. The molecule has 0 aliphatic heterocycles. The molecule has 19 heavy (non-hydrogen) atoms. The lowest BCUT2D eigenvalue weighted by molar-refractivity contribution is 0.420. The summed E-state index contributed by atoms with van der Waals surface area (Å²) >= 11 is 3.60. The zero-order valence-electron chi connectivity index (χ0n) is 11.2. The van der Waals surface area contributed by atoms with E-state index < -0.39 is 0 Å². The van der Waals surface area contributed by atoms with Crippen molar-refractivity contribution in [1.29, 1.82) is 0 Å². The zero-order chi connectivity index (χ0) is 13.4. The van der Waals surface area contributed by atoms with Crippen LogP contribution in [0.1, 0.15) is 31.4 Å².